The van der Waals surface area contributed by atoms with Crippen LogP contribution in [0.3, 0.4) is 0 Å². The maximum atomic E-state index is 12.3. The van der Waals surface area contributed by atoms with E-state index in [9.17, 15) is 4.79 Å². The van der Waals surface area contributed by atoms with Crippen molar-refractivity contribution in [2.24, 2.45) is 0 Å². The molecule has 0 bridgehead atoms. The van der Waals surface area contributed by atoms with Crippen LogP contribution >= 0.6 is 0 Å². The zero-order chi connectivity index (χ0) is 17.8. The topological polar surface area (TPSA) is 71.3 Å². The lowest BCUT2D eigenvalue weighted by Crippen LogP contribution is -2.22. The molecule has 1 N–H and O–H groups in total. The summed E-state index contributed by atoms with van der Waals surface area (Å²) in [4.78, 5) is 18.5. The summed E-state index contributed by atoms with van der Waals surface area (Å²) in [6, 6.07) is 15.2. The predicted molar refractivity (Wildman–Crippen MR) is 96.4 cm³/mol. The Morgan fingerprint density at radius 1 is 1.08 bits per heavy atom. The highest BCUT2D eigenvalue weighted by Crippen LogP contribution is 2.18. The number of hydrogen-bond donors (Lipinski definition) is 1. The molecule has 3 rings (SSSR count). The minimum Gasteiger partial charge on any atom is -0.378 e. The molecule has 0 saturated carbocycles. The zero-order valence-electron chi connectivity index (χ0n) is 14.5. The van der Waals surface area contributed by atoms with Crippen LogP contribution in [-0.4, -0.2) is 30.1 Å². The van der Waals surface area contributed by atoms with Crippen molar-refractivity contribution in [1.82, 2.24) is 15.5 Å². The van der Waals surface area contributed by atoms with E-state index in [1.165, 1.54) is 0 Å². The minimum atomic E-state index is -0.120. The average Bonchev–Trinajstić information content (AvgIpc) is 3.06. The van der Waals surface area contributed by atoms with Crippen molar-refractivity contribution in [3.05, 3.63) is 65.5 Å². The number of amides is 1. The molecule has 0 radical (unpaired) electrons. The van der Waals surface area contributed by atoms with Gasteiger partial charge in [-0.3, -0.25) is 4.79 Å². The molecule has 0 fully saturated rings. The molecule has 128 valence electrons. The third kappa shape index (κ3) is 4.03. The number of hydrogen-bond acceptors (Lipinski definition) is 5. The largest absolute Gasteiger partial charge is 0.378 e. The summed E-state index contributed by atoms with van der Waals surface area (Å²) in [5, 5.41) is 6.69. The van der Waals surface area contributed by atoms with Crippen LogP contribution in [0.15, 0.2) is 53.1 Å². The molecular weight excluding hydrogens is 316 g/mol. The molecule has 0 aliphatic heterocycles. The van der Waals surface area contributed by atoms with Crippen molar-refractivity contribution in [3.63, 3.8) is 0 Å². The molecule has 1 heterocycles. The highest BCUT2D eigenvalue weighted by molar-refractivity contribution is 5.94. The molecule has 1 aromatic heterocycles. The first-order chi connectivity index (χ1) is 12.0. The Morgan fingerprint density at radius 2 is 1.76 bits per heavy atom. The number of carbonyl (C=O) groups excluding carboxylic acids is 1. The Labute approximate surface area is 146 Å². The second kappa shape index (κ2) is 7.17. The third-order valence-corrected chi connectivity index (χ3v) is 3.83. The molecule has 1 amide bonds. The lowest BCUT2D eigenvalue weighted by atomic mass is 10.1. The summed E-state index contributed by atoms with van der Waals surface area (Å²) in [6.45, 7) is 2.25. The molecule has 6 nitrogen and oxygen atoms in total. The molecule has 0 aliphatic rings. The van der Waals surface area contributed by atoms with Crippen LogP contribution in [0.1, 0.15) is 21.7 Å². The van der Waals surface area contributed by atoms with Gasteiger partial charge in [0.25, 0.3) is 11.8 Å². The van der Waals surface area contributed by atoms with Gasteiger partial charge in [0, 0.05) is 37.5 Å². The van der Waals surface area contributed by atoms with Crippen molar-refractivity contribution in [2.75, 3.05) is 19.0 Å². The van der Waals surface area contributed by atoms with Gasteiger partial charge in [0.2, 0.25) is 0 Å². The van der Waals surface area contributed by atoms with Gasteiger partial charge in [-0.25, -0.2) is 0 Å². The van der Waals surface area contributed by atoms with Crippen LogP contribution in [0.4, 0.5) is 5.69 Å². The zero-order valence-corrected chi connectivity index (χ0v) is 14.5. The van der Waals surface area contributed by atoms with Crippen molar-refractivity contribution in [3.8, 4) is 11.5 Å². The fraction of sp³-hybridized carbons (Fsp3) is 0.211. The summed E-state index contributed by atoms with van der Waals surface area (Å²) >= 11 is 0. The van der Waals surface area contributed by atoms with E-state index < -0.39 is 0 Å². The normalized spacial score (nSPS) is 10.5. The first-order valence-electron chi connectivity index (χ1n) is 7.98. The van der Waals surface area contributed by atoms with Gasteiger partial charge in [0.1, 0.15) is 0 Å². The van der Waals surface area contributed by atoms with Gasteiger partial charge in [-0.2, -0.15) is 4.98 Å². The quantitative estimate of drug-likeness (QED) is 0.775. The Balaban J connectivity index is 1.61. The third-order valence-electron chi connectivity index (χ3n) is 3.83. The van der Waals surface area contributed by atoms with Crippen LogP contribution in [-0.2, 0) is 6.54 Å². The number of rotatable bonds is 5. The molecule has 0 saturated heterocycles. The van der Waals surface area contributed by atoms with Crippen molar-refractivity contribution in [1.29, 1.82) is 0 Å². The fourth-order valence-electron chi connectivity index (χ4n) is 2.37. The van der Waals surface area contributed by atoms with Crippen LogP contribution in [0.5, 0.6) is 0 Å². The van der Waals surface area contributed by atoms with Crippen LogP contribution in [0.2, 0.25) is 0 Å². The van der Waals surface area contributed by atoms with Crippen LogP contribution in [0, 0.1) is 6.92 Å². The number of benzene rings is 2. The second-order valence-electron chi connectivity index (χ2n) is 5.97. The molecule has 0 atom stereocenters. The SMILES string of the molecule is Cc1noc(-c2ccc(C(=O)NCc3ccc(N(C)C)cc3)cc2)n1. The standard InChI is InChI=1S/C19H20N4O2/c1-13-21-19(25-22-13)16-8-6-15(7-9-16)18(24)20-12-14-4-10-17(11-5-14)23(2)3/h4-11H,12H2,1-3H3,(H,20,24). The molecule has 3 aromatic rings. The lowest BCUT2D eigenvalue weighted by molar-refractivity contribution is 0.0951. The van der Waals surface area contributed by atoms with E-state index in [0.717, 1.165) is 16.8 Å². The van der Waals surface area contributed by atoms with E-state index in [4.69, 9.17) is 4.52 Å². The fourth-order valence-corrected chi connectivity index (χ4v) is 2.37. The predicted octanol–water partition coefficient (Wildman–Crippen LogP) is 3.04. The van der Waals surface area contributed by atoms with Gasteiger partial charge in [0.05, 0.1) is 0 Å². The van der Waals surface area contributed by atoms with Crippen LogP contribution < -0.4 is 10.2 Å². The van der Waals surface area contributed by atoms with E-state index in [1.807, 2.05) is 43.3 Å². The van der Waals surface area contributed by atoms with Gasteiger partial charge < -0.3 is 14.7 Å². The molecule has 0 unspecified atom stereocenters. The summed E-state index contributed by atoms with van der Waals surface area (Å²) < 4.78 is 5.12. The highest BCUT2D eigenvalue weighted by Gasteiger charge is 2.09. The summed E-state index contributed by atoms with van der Waals surface area (Å²) in [5.74, 6) is 0.910. The second-order valence-corrected chi connectivity index (χ2v) is 5.97. The van der Waals surface area contributed by atoms with Gasteiger partial charge >= 0.3 is 0 Å². The van der Waals surface area contributed by atoms with E-state index in [2.05, 4.69) is 15.5 Å². The van der Waals surface area contributed by atoms with Crippen LogP contribution in [0.25, 0.3) is 11.5 Å². The summed E-state index contributed by atoms with van der Waals surface area (Å²) in [7, 11) is 3.99. The smallest absolute Gasteiger partial charge is 0.257 e. The number of aryl methyl sites for hydroxylation is 1. The molecule has 0 spiro atoms. The highest BCUT2D eigenvalue weighted by atomic mass is 16.5. The van der Waals surface area contributed by atoms with Crippen molar-refractivity contribution in [2.45, 2.75) is 13.5 Å². The molecule has 2 aromatic carbocycles. The number of aromatic nitrogens is 2. The van der Waals surface area contributed by atoms with E-state index in [0.29, 0.717) is 23.8 Å². The number of nitrogens with one attached hydrogen (secondary N) is 1. The van der Waals surface area contributed by atoms with E-state index in [-0.39, 0.29) is 5.91 Å². The van der Waals surface area contributed by atoms with Gasteiger partial charge in [-0.1, -0.05) is 17.3 Å². The lowest BCUT2D eigenvalue weighted by Gasteiger charge is -2.13. The molecule has 0 aliphatic carbocycles. The monoisotopic (exact) mass is 336 g/mol. The summed E-state index contributed by atoms with van der Waals surface area (Å²) in [6.07, 6.45) is 0. The van der Waals surface area contributed by atoms with Gasteiger partial charge in [-0.15, -0.1) is 0 Å². The Morgan fingerprint density at radius 3 is 2.32 bits per heavy atom. The van der Waals surface area contributed by atoms with Gasteiger partial charge in [-0.05, 0) is 48.9 Å². The van der Waals surface area contributed by atoms with Gasteiger partial charge in [0.15, 0.2) is 5.82 Å². The Kier molecular flexibility index (Phi) is 4.79. The first-order valence-corrected chi connectivity index (χ1v) is 7.98. The number of carbonyl (C=O) groups is 1. The molecular formula is C19H20N4O2. The van der Waals surface area contributed by atoms with E-state index >= 15 is 0 Å². The number of nitrogens with zero attached hydrogens (tertiary/aromatic N) is 3. The maximum Gasteiger partial charge on any atom is 0.257 e. The minimum absolute atomic E-state index is 0.120. The average molecular weight is 336 g/mol. The Bertz CT molecular complexity index is 852. The summed E-state index contributed by atoms with van der Waals surface area (Å²) in [5.41, 5.74) is 3.56. The van der Waals surface area contributed by atoms with Crippen molar-refractivity contribution < 1.29 is 9.32 Å². The first kappa shape index (κ1) is 16.7. The molecule has 25 heavy (non-hydrogen) atoms. The number of anilines is 1. The molecule has 6 heteroatoms. The maximum absolute atomic E-state index is 12.3. The van der Waals surface area contributed by atoms with E-state index in [1.54, 1.807) is 31.2 Å². The van der Waals surface area contributed by atoms with Crippen molar-refractivity contribution >= 4 is 11.6 Å². The Hall–Kier alpha value is -3.15.